The lowest BCUT2D eigenvalue weighted by Gasteiger charge is -2.25. The van der Waals surface area contributed by atoms with Gasteiger partial charge in [-0.15, -0.1) is 24.8 Å². The van der Waals surface area contributed by atoms with Gasteiger partial charge in [-0.1, -0.05) is 18.2 Å². The summed E-state index contributed by atoms with van der Waals surface area (Å²) in [6.07, 6.45) is 1.25. The van der Waals surface area contributed by atoms with Crippen molar-refractivity contribution in [3.63, 3.8) is 0 Å². The van der Waals surface area contributed by atoms with E-state index in [1.807, 2.05) is 19.1 Å². The van der Waals surface area contributed by atoms with Crippen LogP contribution in [0.2, 0.25) is 0 Å². The Morgan fingerprint density at radius 2 is 1.95 bits per heavy atom. The van der Waals surface area contributed by atoms with Crippen molar-refractivity contribution in [3.8, 4) is 0 Å². The number of nitrogens with two attached hydrogens (primary N) is 1. The molecule has 0 heterocycles. The van der Waals surface area contributed by atoms with Crippen LogP contribution in [0.5, 0.6) is 0 Å². The van der Waals surface area contributed by atoms with Gasteiger partial charge >= 0.3 is 0 Å². The number of nitrogens with zero attached hydrogens (tertiary/aromatic N) is 1. The van der Waals surface area contributed by atoms with Gasteiger partial charge in [0.1, 0.15) is 0 Å². The standard InChI is InChI=1S/C16H27N3O.2ClH/c1-4-19(15-8-6-5-7-13(15)2)12-11-18-16(20)10-9-14(3)17;;/h5-8,14H,4,9-12,17H2,1-3H3,(H,18,20);2*1H. The summed E-state index contributed by atoms with van der Waals surface area (Å²) in [4.78, 5) is 13.9. The zero-order valence-corrected chi connectivity index (χ0v) is 15.3. The van der Waals surface area contributed by atoms with Crippen LogP contribution in [-0.2, 0) is 4.79 Å². The molecule has 4 nitrogen and oxygen atoms in total. The van der Waals surface area contributed by atoms with Crippen LogP contribution in [0.4, 0.5) is 5.69 Å². The minimum absolute atomic E-state index is 0. The van der Waals surface area contributed by atoms with Gasteiger partial charge in [-0.05, 0) is 38.8 Å². The van der Waals surface area contributed by atoms with Crippen LogP contribution in [0.25, 0.3) is 0 Å². The summed E-state index contributed by atoms with van der Waals surface area (Å²) in [7, 11) is 0. The van der Waals surface area contributed by atoms with E-state index in [-0.39, 0.29) is 36.8 Å². The summed E-state index contributed by atoms with van der Waals surface area (Å²) in [6, 6.07) is 8.41. The molecule has 0 aliphatic heterocycles. The molecule has 1 rings (SSSR count). The van der Waals surface area contributed by atoms with Crippen molar-refractivity contribution in [2.24, 2.45) is 5.73 Å². The Labute approximate surface area is 146 Å². The van der Waals surface area contributed by atoms with Gasteiger partial charge in [0.15, 0.2) is 0 Å². The molecule has 1 aromatic rings. The van der Waals surface area contributed by atoms with Crippen molar-refractivity contribution >= 4 is 36.4 Å². The van der Waals surface area contributed by atoms with Crippen LogP contribution < -0.4 is 16.0 Å². The maximum atomic E-state index is 11.6. The van der Waals surface area contributed by atoms with Crippen molar-refractivity contribution in [1.29, 1.82) is 0 Å². The van der Waals surface area contributed by atoms with Gasteiger partial charge in [0.2, 0.25) is 5.91 Å². The van der Waals surface area contributed by atoms with Crippen molar-refractivity contribution in [3.05, 3.63) is 29.8 Å². The number of nitrogens with one attached hydrogen (secondary N) is 1. The highest BCUT2D eigenvalue weighted by Gasteiger charge is 2.08. The monoisotopic (exact) mass is 349 g/mol. The summed E-state index contributed by atoms with van der Waals surface area (Å²) in [5.74, 6) is 0.0862. The number of para-hydroxylation sites is 1. The molecule has 3 N–H and O–H groups in total. The first-order valence-corrected chi connectivity index (χ1v) is 7.37. The number of rotatable bonds is 8. The maximum Gasteiger partial charge on any atom is 0.220 e. The number of hydrogen-bond acceptors (Lipinski definition) is 3. The molecule has 0 aliphatic carbocycles. The molecule has 0 saturated carbocycles. The van der Waals surface area contributed by atoms with Gasteiger partial charge in [-0.3, -0.25) is 4.79 Å². The highest BCUT2D eigenvalue weighted by atomic mass is 35.5. The maximum absolute atomic E-state index is 11.6. The smallest absolute Gasteiger partial charge is 0.220 e. The van der Waals surface area contributed by atoms with Gasteiger partial charge in [-0.25, -0.2) is 0 Å². The van der Waals surface area contributed by atoms with E-state index in [4.69, 9.17) is 5.73 Å². The van der Waals surface area contributed by atoms with Gasteiger partial charge in [0, 0.05) is 37.8 Å². The summed E-state index contributed by atoms with van der Waals surface area (Å²) < 4.78 is 0. The molecule has 0 bridgehead atoms. The minimum atomic E-state index is 0. The molecule has 0 fully saturated rings. The van der Waals surface area contributed by atoms with E-state index in [1.54, 1.807) is 0 Å². The van der Waals surface area contributed by atoms with Crippen LogP contribution in [0.3, 0.4) is 0 Å². The molecule has 0 radical (unpaired) electrons. The van der Waals surface area contributed by atoms with Crippen LogP contribution in [0.15, 0.2) is 24.3 Å². The zero-order valence-electron chi connectivity index (χ0n) is 13.7. The van der Waals surface area contributed by atoms with E-state index in [9.17, 15) is 4.79 Å². The fourth-order valence-electron chi connectivity index (χ4n) is 2.14. The van der Waals surface area contributed by atoms with Crippen LogP contribution in [0.1, 0.15) is 32.3 Å². The topological polar surface area (TPSA) is 58.4 Å². The SMILES string of the molecule is CCN(CCNC(=O)CCC(C)N)c1ccccc1C.Cl.Cl. The lowest BCUT2D eigenvalue weighted by Crippen LogP contribution is -2.35. The highest BCUT2D eigenvalue weighted by Crippen LogP contribution is 2.18. The number of benzene rings is 1. The molecule has 1 unspecified atom stereocenters. The molecule has 22 heavy (non-hydrogen) atoms. The molecule has 1 atom stereocenters. The van der Waals surface area contributed by atoms with Crippen LogP contribution in [0, 0.1) is 6.92 Å². The fraction of sp³-hybridized carbons (Fsp3) is 0.562. The summed E-state index contributed by atoms with van der Waals surface area (Å²) in [5.41, 5.74) is 8.14. The highest BCUT2D eigenvalue weighted by molar-refractivity contribution is 5.85. The number of likely N-dealkylation sites (N-methyl/N-ethyl adjacent to an activating group) is 1. The Morgan fingerprint density at radius 3 is 2.50 bits per heavy atom. The molecule has 0 spiro atoms. The third-order valence-corrected chi connectivity index (χ3v) is 3.37. The van der Waals surface area contributed by atoms with Crippen molar-refractivity contribution in [1.82, 2.24) is 5.32 Å². The average Bonchev–Trinajstić information content (AvgIpc) is 2.42. The van der Waals surface area contributed by atoms with Gasteiger partial charge in [-0.2, -0.15) is 0 Å². The molecule has 0 aliphatic rings. The number of carbonyl (C=O) groups excluding carboxylic acids is 1. The molecule has 1 aromatic carbocycles. The second-order valence-electron chi connectivity index (χ2n) is 5.23. The summed E-state index contributed by atoms with van der Waals surface area (Å²) in [6.45, 7) is 8.58. The lowest BCUT2D eigenvalue weighted by molar-refractivity contribution is -0.121. The Bertz CT molecular complexity index is 428. The second kappa shape index (κ2) is 12.6. The number of halogens is 2. The normalized spacial score (nSPS) is 10.9. The number of hydrogen-bond donors (Lipinski definition) is 2. The predicted molar refractivity (Wildman–Crippen MR) is 99.5 cm³/mol. The summed E-state index contributed by atoms with van der Waals surface area (Å²) >= 11 is 0. The third kappa shape index (κ3) is 8.47. The first-order chi connectivity index (χ1) is 9.54. The molecule has 1 amide bonds. The quantitative estimate of drug-likeness (QED) is 0.758. The predicted octanol–water partition coefficient (Wildman–Crippen LogP) is 2.91. The molecule has 6 heteroatoms. The van der Waals surface area contributed by atoms with Crippen LogP contribution in [-0.4, -0.2) is 31.6 Å². The Hall–Kier alpha value is -0.970. The average molecular weight is 350 g/mol. The van der Waals surface area contributed by atoms with E-state index in [1.165, 1.54) is 11.3 Å². The van der Waals surface area contributed by atoms with E-state index in [0.29, 0.717) is 13.0 Å². The van der Waals surface area contributed by atoms with Crippen molar-refractivity contribution < 1.29 is 4.79 Å². The molecule has 0 saturated heterocycles. The zero-order chi connectivity index (χ0) is 15.0. The van der Waals surface area contributed by atoms with E-state index in [2.05, 4.69) is 36.2 Å². The Morgan fingerprint density at radius 1 is 1.32 bits per heavy atom. The van der Waals surface area contributed by atoms with Gasteiger partial charge < -0.3 is 16.0 Å². The number of aryl methyl sites for hydroxylation is 1. The van der Waals surface area contributed by atoms with Gasteiger partial charge in [0.25, 0.3) is 0 Å². The fourth-order valence-corrected chi connectivity index (χ4v) is 2.14. The largest absolute Gasteiger partial charge is 0.370 e. The molecule has 0 aromatic heterocycles. The second-order valence-corrected chi connectivity index (χ2v) is 5.23. The Balaban J connectivity index is 0. The Kier molecular flexibility index (Phi) is 13.3. The van der Waals surface area contributed by atoms with E-state index in [0.717, 1.165) is 19.5 Å². The first-order valence-electron chi connectivity index (χ1n) is 7.37. The number of carbonyl (C=O) groups is 1. The third-order valence-electron chi connectivity index (χ3n) is 3.37. The van der Waals surface area contributed by atoms with E-state index < -0.39 is 0 Å². The summed E-state index contributed by atoms with van der Waals surface area (Å²) in [5, 5.41) is 2.96. The van der Waals surface area contributed by atoms with Crippen LogP contribution >= 0.6 is 24.8 Å². The number of anilines is 1. The lowest BCUT2D eigenvalue weighted by atomic mass is 10.2. The molecular weight excluding hydrogens is 321 g/mol. The van der Waals surface area contributed by atoms with Crippen molar-refractivity contribution in [2.75, 3.05) is 24.5 Å². The van der Waals surface area contributed by atoms with Crippen molar-refractivity contribution in [2.45, 2.75) is 39.7 Å². The minimum Gasteiger partial charge on any atom is -0.370 e. The van der Waals surface area contributed by atoms with E-state index >= 15 is 0 Å². The van der Waals surface area contributed by atoms with Gasteiger partial charge in [0.05, 0.1) is 0 Å². The number of amides is 1. The first kappa shape index (κ1) is 23.3. The molecular formula is C16H29Cl2N3O. The molecule has 128 valence electrons.